The smallest absolute Gasteiger partial charge is 0.203 e. The topological polar surface area (TPSA) is 67.6 Å². The van der Waals surface area contributed by atoms with Crippen LogP contribution in [0.2, 0.25) is 0 Å². The Hall–Kier alpha value is -3.22. The summed E-state index contributed by atoms with van der Waals surface area (Å²) in [5, 5.41) is 4.36. The molecule has 3 rings (SSSR count). The minimum Gasteiger partial charge on any atom is -0.493 e. The highest BCUT2D eigenvalue weighted by atomic mass is 16.5. The molecule has 0 unspecified atom stereocenters. The van der Waals surface area contributed by atoms with Crippen molar-refractivity contribution in [2.75, 3.05) is 21.3 Å². The molecule has 0 atom stereocenters. The zero-order valence-corrected chi connectivity index (χ0v) is 16.1. The fourth-order valence-electron chi connectivity index (χ4n) is 2.77. The van der Waals surface area contributed by atoms with Crippen molar-refractivity contribution in [3.63, 3.8) is 0 Å². The van der Waals surface area contributed by atoms with Gasteiger partial charge in [-0.2, -0.15) is 5.10 Å². The Morgan fingerprint density at radius 3 is 2.04 bits per heavy atom. The standard InChI is InChI=1S/C20H23N3O4/c1-13(2)27-16-8-6-14(7-9-16)20-21-12-22-23(20)15-10-17(24-3)19(26-5)18(11-15)25-4/h6-13H,1-5H3. The van der Waals surface area contributed by atoms with Crippen molar-refractivity contribution in [3.05, 3.63) is 42.7 Å². The molecule has 0 aliphatic heterocycles. The number of rotatable bonds is 7. The van der Waals surface area contributed by atoms with E-state index >= 15 is 0 Å². The first kappa shape index (κ1) is 18.6. The van der Waals surface area contributed by atoms with Gasteiger partial charge in [-0.25, -0.2) is 9.67 Å². The van der Waals surface area contributed by atoms with Crippen molar-refractivity contribution in [3.8, 4) is 40.1 Å². The zero-order valence-electron chi connectivity index (χ0n) is 16.1. The summed E-state index contributed by atoms with van der Waals surface area (Å²) in [5.74, 6) is 3.14. The van der Waals surface area contributed by atoms with Gasteiger partial charge in [0, 0.05) is 17.7 Å². The number of nitrogens with zero attached hydrogens (tertiary/aromatic N) is 3. The summed E-state index contributed by atoms with van der Waals surface area (Å²) in [6, 6.07) is 11.4. The molecule has 142 valence electrons. The summed E-state index contributed by atoms with van der Waals surface area (Å²) < 4.78 is 23.7. The molecule has 3 aromatic rings. The Labute approximate surface area is 158 Å². The summed E-state index contributed by atoms with van der Waals surface area (Å²) in [4.78, 5) is 4.41. The summed E-state index contributed by atoms with van der Waals surface area (Å²) in [6.45, 7) is 3.99. The van der Waals surface area contributed by atoms with Crippen LogP contribution in [-0.2, 0) is 0 Å². The molecule has 0 saturated carbocycles. The van der Waals surface area contributed by atoms with Crippen LogP contribution in [0.3, 0.4) is 0 Å². The van der Waals surface area contributed by atoms with Gasteiger partial charge in [0.25, 0.3) is 0 Å². The van der Waals surface area contributed by atoms with E-state index in [0.717, 1.165) is 17.0 Å². The van der Waals surface area contributed by atoms with E-state index in [-0.39, 0.29) is 6.10 Å². The lowest BCUT2D eigenvalue weighted by Gasteiger charge is -2.15. The Morgan fingerprint density at radius 2 is 1.52 bits per heavy atom. The monoisotopic (exact) mass is 369 g/mol. The molecular formula is C20H23N3O4. The fraction of sp³-hybridized carbons (Fsp3) is 0.300. The molecule has 1 aromatic heterocycles. The van der Waals surface area contributed by atoms with E-state index in [1.165, 1.54) is 6.33 Å². The first-order chi connectivity index (χ1) is 13.1. The first-order valence-corrected chi connectivity index (χ1v) is 8.54. The molecule has 0 fully saturated rings. The van der Waals surface area contributed by atoms with Crippen LogP contribution in [0, 0.1) is 0 Å². The number of benzene rings is 2. The predicted molar refractivity (Wildman–Crippen MR) is 102 cm³/mol. The van der Waals surface area contributed by atoms with Crippen LogP contribution >= 0.6 is 0 Å². The molecule has 2 aromatic carbocycles. The van der Waals surface area contributed by atoms with E-state index in [9.17, 15) is 0 Å². The third-order valence-electron chi connectivity index (χ3n) is 3.93. The average molecular weight is 369 g/mol. The van der Waals surface area contributed by atoms with Crippen LogP contribution in [0.15, 0.2) is 42.7 Å². The van der Waals surface area contributed by atoms with Crippen molar-refractivity contribution < 1.29 is 18.9 Å². The quantitative estimate of drug-likeness (QED) is 0.632. The SMILES string of the molecule is COc1cc(-n2ncnc2-c2ccc(OC(C)C)cc2)cc(OC)c1OC. The Balaban J connectivity index is 2.02. The second kappa shape index (κ2) is 7.99. The van der Waals surface area contributed by atoms with E-state index in [2.05, 4.69) is 10.1 Å². The van der Waals surface area contributed by atoms with Crippen molar-refractivity contribution >= 4 is 0 Å². The molecule has 0 N–H and O–H groups in total. The average Bonchev–Trinajstić information content (AvgIpc) is 3.16. The van der Waals surface area contributed by atoms with Gasteiger partial charge in [-0.15, -0.1) is 0 Å². The molecule has 0 aliphatic carbocycles. The van der Waals surface area contributed by atoms with Crippen LogP contribution in [0.25, 0.3) is 17.1 Å². The van der Waals surface area contributed by atoms with E-state index in [1.807, 2.05) is 50.2 Å². The Kier molecular flexibility index (Phi) is 5.49. The molecule has 0 radical (unpaired) electrons. The van der Waals surface area contributed by atoms with Gasteiger partial charge in [0.05, 0.1) is 33.1 Å². The molecule has 0 bridgehead atoms. The summed E-state index contributed by atoms with van der Waals surface area (Å²) in [7, 11) is 4.73. The molecule has 0 amide bonds. The van der Waals surface area contributed by atoms with Crippen molar-refractivity contribution in [2.45, 2.75) is 20.0 Å². The normalized spacial score (nSPS) is 10.7. The lowest BCUT2D eigenvalue weighted by atomic mass is 10.2. The highest BCUT2D eigenvalue weighted by Gasteiger charge is 2.17. The molecule has 0 spiro atoms. The summed E-state index contributed by atoms with van der Waals surface area (Å²) >= 11 is 0. The molecule has 7 nitrogen and oxygen atoms in total. The lowest BCUT2D eigenvalue weighted by molar-refractivity contribution is 0.242. The number of methoxy groups -OCH3 is 3. The second-order valence-electron chi connectivity index (χ2n) is 6.07. The van der Waals surface area contributed by atoms with E-state index in [0.29, 0.717) is 23.1 Å². The van der Waals surface area contributed by atoms with Gasteiger partial charge < -0.3 is 18.9 Å². The predicted octanol–water partition coefficient (Wildman–Crippen LogP) is 3.75. The van der Waals surface area contributed by atoms with Gasteiger partial charge in [-0.05, 0) is 38.1 Å². The number of hydrogen-bond donors (Lipinski definition) is 0. The van der Waals surface area contributed by atoms with Gasteiger partial charge in [0.15, 0.2) is 17.3 Å². The minimum atomic E-state index is 0.124. The van der Waals surface area contributed by atoms with Gasteiger partial charge in [0.1, 0.15) is 12.1 Å². The zero-order chi connectivity index (χ0) is 19.4. The molecule has 0 aliphatic rings. The van der Waals surface area contributed by atoms with Crippen LogP contribution in [0.4, 0.5) is 0 Å². The molecule has 27 heavy (non-hydrogen) atoms. The maximum Gasteiger partial charge on any atom is 0.203 e. The van der Waals surface area contributed by atoms with Gasteiger partial charge in [-0.3, -0.25) is 0 Å². The van der Waals surface area contributed by atoms with Crippen molar-refractivity contribution in [1.29, 1.82) is 0 Å². The third-order valence-corrected chi connectivity index (χ3v) is 3.93. The van der Waals surface area contributed by atoms with Gasteiger partial charge in [0.2, 0.25) is 5.75 Å². The van der Waals surface area contributed by atoms with E-state index < -0.39 is 0 Å². The van der Waals surface area contributed by atoms with Crippen molar-refractivity contribution in [1.82, 2.24) is 14.8 Å². The fourth-order valence-corrected chi connectivity index (χ4v) is 2.77. The maximum absolute atomic E-state index is 5.70. The number of hydrogen-bond acceptors (Lipinski definition) is 6. The minimum absolute atomic E-state index is 0.124. The van der Waals surface area contributed by atoms with Gasteiger partial charge in [-0.1, -0.05) is 0 Å². The van der Waals surface area contributed by atoms with Gasteiger partial charge >= 0.3 is 0 Å². The summed E-state index contributed by atoms with van der Waals surface area (Å²) in [6.07, 6.45) is 1.63. The highest BCUT2D eigenvalue weighted by Crippen LogP contribution is 2.39. The maximum atomic E-state index is 5.70. The summed E-state index contributed by atoms with van der Waals surface area (Å²) in [5.41, 5.74) is 1.66. The van der Waals surface area contributed by atoms with Crippen LogP contribution in [0.5, 0.6) is 23.0 Å². The molecule has 0 saturated heterocycles. The number of ether oxygens (including phenoxy) is 4. The highest BCUT2D eigenvalue weighted by molar-refractivity contribution is 5.63. The second-order valence-corrected chi connectivity index (χ2v) is 6.07. The van der Waals surface area contributed by atoms with E-state index in [1.54, 1.807) is 26.0 Å². The largest absolute Gasteiger partial charge is 0.493 e. The lowest BCUT2D eigenvalue weighted by Crippen LogP contribution is -2.05. The van der Waals surface area contributed by atoms with Crippen LogP contribution in [-0.4, -0.2) is 42.2 Å². The number of aromatic nitrogens is 3. The molecular weight excluding hydrogens is 346 g/mol. The third kappa shape index (κ3) is 3.81. The molecule has 7 heteroatoms. The first-order valence-electron chi connectivity index (χ1n) is 8.54. The molecule has 1 heterocycles. The Morgan fingerprint density at radius 1 is 0.889 bits per heavy atom. The Bertz CT molecular complexity index is 879. The van der Waals surface area contributed by atoms with Crippen LogP contribution < -0.4 is 18.9 Å². The van der Waals surface area contributed by atoms with E-state index in [4.69, 9.17) is 18.9 Å². The van der Waals surface area contributed by atoms with Crippen molar-refractivity contribution in [2.24, 2.45) is 0 Å². The van der Waals surface area contributed by atoms with Crippen LogP contribution in [0.1, 0.15) is 13.8 Å².